The summed E-state index contributed by atoms with van der Waals surface area (Å²) in [6.07, 6.45) is 0. The van der Waals surface area contributed by atoms with Gasteiger partial charge in [0.1, 0.15) is 5.66 Å². The maximum atomic E-state index is 12.2. The van der Waals surface area contributed by atoms with E-state index in [4.69, 9.17) is 0 Å². The second-order valence-electron chi connectivity index (χ2n) is 4.77. The second-order valence-corrected chi connectivity index (χ2v) is 7.84. The van der Waals surface area contributed by atoms with Gasteiger partial charge in [-0.1, -0.05) is 91.0 Å². The Labute approximate surface area is 144 Å². The molecular weight excluding hydrogens is 467 g/mol. The summed E-state index contributed by atoms with van der Waals surface area (Å²) < 4.78 is 0. The fourth-order valence-corrected chi connectivity index (χ4v) is 5.63. The fourth-order valence-electron chi connectivity index (χ4n) is 2.56. The van der Waals surface area contributed by atoms with Crippen molar-refractivity contribution < 1.29 is 24.9 Å². The standard InChI is InChI=1S/C19H15OP.Ir/c20-16-21(17-10-4-1-5-11-17,18-12-6-2-7-13-18)19-14-8-3-9-15-19;/h1-15H;. The van der Waals surface area contributed by atoms with Crippen LogP contribution in [0, 0.1) is 0 Å². The first-order valence-electron chi connectivity index (χ1n) is 6.83. The molecule has 0 atom stereocenters. The van der Waals surface area contributed by atoms with E-state index in [1.165, 1.54) is 0 Å². The van der Waals surface area contributed by atoms with Crippen LogP contribution in [0.5, 0.6) is 0 Å². The van der Waals surface area contributed by atoms with E-state index in [2.05, 4.69) is 5.66 Å². The molecule has 0 fully saturated rings. The van der Waals surface area contributed by atoms with Crippen molar-refractivity contribution in [3.8, 4) is 0 Å². The van der Waals surface area contributed by atoms with E-state index in [1.807, 2.05) is 91.0 Å². The molecule has 3 aromatic rings. The first-order chi connectivity index (χ1) is 10.4. The van der Waals surface area contributed by atoms with Crippen molar-refractivity contribution in [2.45, 2.75) is 0 Å². The minimum atomic E-state index is -2.34. The van der Waals surface area contributed by atoms with Gasteiger partial charge in [-0.25, -0.2) is 4.79 Å². The Hall–Kier alpha value is -1.68. The molecule has 22 heavy (non-hydrogen) atoms. The van der Waals surface area contributed by atoms with Crippen LogP contribution in [-0.2, 0) is 24.9 Å². The molecule has 1 radical (unpaired) electrons. The summed E-state index contributed by atoms with van der Waals surface area (Å²) in [7, 11) is 0. The molecule has 0 unspecified atom stereocenters. The van der Waals surface area contributed by atoms with Crippen molar-refractivity contribution >= 4 is 28.5 Å². The molecule has 0 heterocycles. The van der Waals surface area contributed by atoms with E-state index in [0.29, 0.717) is 0 Å². The number of benzene rings is 3. The minimum Gasteiger partial charge on any atom is -0.233 e. The topological polar surface area (TPSA) is 17.1 Å². The normalized spacial score (nSPS) is 10.4. The zero-order valence-electron chi connectivity index (χ0n) is 11.8. The molecule has 0 bridgehead atoms. The summed E-state index contributed by atoms with van der Waals surface area (Å²) in [6.45, 7) is -2.34. The first kappa shape index (κ1) is 16.7. The third-order valence-corrected chi connectivity index (χ3v) is 7.06. The van der Waals surface area contributed by atoms with Crippen LogP contribution in [-0.4, -0.2) is 5.66 Å². The minimum absolute atomic E-state index is 0. The zero-order valence-corrected chi connectivity index (χ0v) is 15.1. The van der Waals surface area contributed by atoms with Gasteiger partial charge in [0.2, 0.25) is 0 Å². The van der Waals surface area contributed by atoms with Crippen molar-refractivity contribution in [1.82, 2.24) is 0 Å². The summed E-state index contributed by atoms with van der Waals surface area (Å²) in [5.74, 6) is 0. The van der Waals surface area contributed by atoms with Crippen molar-refractivity contribution in [3.05, 3.63) is 91.0 Å². The van der Waals surface area contributed by atoms with Gasteiger partial charge in [-0.2, -0.15) is 0 Å². The maximum Gasteiger partial charge on any atom is 0.128 e. The molecule has 3 heteroatoms. The molecule has 1 nitrogen and oxygen atoms in total. The Morgan fingerprint density at radius 2 is 0.818 bits per heavy atom. The fraction of sp³-hybridized carbons (Fsp3) is 0. The molecule has 0 aliphatic heterocycles. The summed E-state index contributed by atoms with van der Waals surface area (Å²) in [6, 6.07) is 29.9. The molecule has 0 saturated carbocycles. The van der Waals surface area contributed by atoms with Crippen LogP contribution < -0.4 is 15.9 Å². The average molecular weight is 483 g/mol. The van der Waals surface area contributed by atoms with E-state index < -0.39 is 6.89 Å². The molecule has 0 amide bonds. The second kappa shape index (κ2) is 7.54. The SMILES string of the molecule is O=C=P(c1ccccc1)(c1ccccc1)c1ccccc1.[Ir]. The van der Waals surface area contributed by atoms with Gasteiger partial charge in [-0.15, -0.1) is 0 Å². The van der Waals surface area contributed by atoms with Crippen LogP contribution in [0.3, 0.4) is 0 Å². The molecular formula is C19H15IrOP. The number of rotatable bonds is 3. The molecule has 0 aromatic heterocycles. The molecule has 0 spiro atoms. The van der Waals surface area contributed by atoms with Crippen LogP contribution in [0.2, 0.25) is 0 Å². The van der Waals surface area contributed by atoms with Crippen LogP contribution in [0.4, 0.5) is 0 Å². The Balaban J connectivity index is 0.00000176. The molecule has 3 rings (SSSR count). The predicted molar refractivity (Wildman–Crippen MR) is 90.8 cm³/mol. The Bertz CT molecular complexity index is 691. The summed E-state index contributed by atoms with van der Waals surface area (Å²) in [5, 5.41) is 3.12. The molecule has 0 N–H and O–H groups in total. The van der Waals surface area contributed by atoms with Crippen molar-refractivity contribution in [2.24, 2.45) is 0 Å². The third kappa shape index (κ3) is 2.93. The van der Waals surface area contributed by atoms with Gasteiger partial charge >= 0.3 is 0 Å². The van der Waals surface area contributed by atoms with Crippen LogP contribution in [0.25, 0.3) is 0 Å². The number of hydrogen-bond acceptors (Lipinski definition) is 1. The molecule has 0 aliphatic carbocycles. The van der Waals surface area contributed by atoms with Crippen LogP contribution >= 0.6 is 6.89 Å². The molecule has 0 aliphatic rings. The Morgan fingerprint density at radius 1 is 0.545 bits per heavy atom. The Morgan fingerprint density at radius 3 is 1.05 bits per heavy atom. The monoisotopic (exact) mass is 483 g/mol. The average Bonchev–Trinajstić information content (AvgIpc) is 2.59. The van der Waals surface area contributed by atoms with E-state index in [1.54, 1.807) is 0 Å². The first-order valence-corrected chi connectivity index (χ1v) is 8.62. The van der Waals surface area contributed by atoms with E-state index in [9.17, 15) is 4.79 Å². The van der Waals surface area contributed by atoms with Gasteiger partial charge in [0.05, 0.1) is 6.89 Å². The number of hydrogen-bond donors (Lipinski definition) is 0. The largest absolute Gasteiger partial charge is 0.233 e. The van der Waals surface area contributed by atoms with Crippen LogP contribution in [0.15, 0.2) is 91.0 Å². The van der Waals surface area contributed by atoms with Gasteiger partial charge < -0.3 is 0 Å². The van der Waals surface area contributed by atoms with Gasteiger partial charge in [0, 0.05) is 20.1 Å². The summed E-state index contributed by atoms with van der Waals surface area (Å²) in [5.41, 5.74) is 2.43. The van der Waals surface area contributed by atoms with Crippen molar-refractivity contribution in [1.29, 1.82) is 0 Å². The molecule has 0 saturated heterocycles. The zero-order chi connectivity index (χ0) is 14.5. The Kier molecular flexibility index (Phi) is 5.72. The number of carbonyl (C=O) groups excluding carboxylic acids is 1. The van der Waals surface area contributed by atoms with E-state index in [-0.39, 0.29) is 20.1 Å². The van der Waals surface area contributed by atoms with E-state index in [0.717, 1.165) is 15.9 Å². The smallest absolute Gasteiger partial charge is 0.128 e. The van der Waals surface area contributed by atoms with Gasteiger partial charge in [0.15, 0.2) is 0 Å². The summed E-state index contributed by atoms with van der Waals surface area (Å²) in [4.78, 5) is 12.2. The van der Waals surface area contributed by atoms with Gasteiger partial charge in [0.25, 0.3) is 0 Å². The van der Waals surface area contributed by atoms with Crippen molar-refractivity contribution in [3.63, 3.8) is 0 Å². The van der Waals surface area contributed by atoms with Crippen LogP contribution in [0.1, 0.15) is 0 Å². The van der Waals surface area contributed by atoms with Crippen molar-refractivity contribution in [2.75, 3.05) is 0 Å². The maximum absolute atomic E-state index is 12.2. The quantitative estimate of drug-likeness (QED) is 0.525. The molecule has 111 valence electrons. The van der Waals surface area contributed by atoms with E-state index >= 15 is 0 Å². The molecule has 3 aromatic carbocycles. The third-order valence-electron chi connectivity index (χ3n) is 3.57. The summed E-state index contributed by atoms with van der Waals surface area (Å²) >= 11 is 0. The van der Waals surface area contributed by atoms with Gasteiger partial charge in [-0.05, 0) is 15.9 Å². The van der Waals surface area contributed by atoms with Gasteiger partial charge in [-0.3, -0.25) is 0 Å². The predicted octanol–water partition coefficient (Wildman–Crippen LogP) is 3.05.